The van der Waals surface area contributed by atoms with Crippen molar-refractivity contribution in [3.8, 4) is 0 Å². The lowest BCUT2D eigenvalue weighted by molar-refractivity contribution is -0.124. The van der Waals surface area contributed by atoms with Crippen LogP contribution in [0.2, 0.25) is 0 Å². The second-order valence-electron chi connectivity index (χ2n) is 4.34. The van der Waals surface area contributed by atoms with E-state index in [1.807, 2.05) is 35.7 Å². The fourth-order valence-electron chi connectivity index (χ4n) is 1.59. The largest absolute Gasteiger partial charge is 0.325 e. The Balaban J connectivity index is 1.72. The molecule has 22 heavy (non-hydrogen) atoms. The summed E-state index contributed by atoms with van der Waals surface area (Å²) in [6.45, 7) is 0. The van der Waals surface area contributed by atoms with E-state index < -0.39 is 0 Å². The van der Waals surface area contributed by atoms with Gasteiger partial charge in [-0.3, -0.25) is 9.59 Å². The van der Waals surface area contributed by atoms with E-state index in [9.17, 15) is 9.59 Å². The molecule has 2 aromatic rings. The number of para-hydroxylation sites is 1. The summed E-state index contributed by atoms with van der Waals surface area (Å²) >= 11 is 4.87. The maximum atomic E-state index is 11.8. The van der Waals surface area contributed by atoms with Gasteiger partial charge in [-0.2, -0.15) is 5.10 Å². The Hall–Kier alpha value is -1.99. The molecule has 0 saturated heterocycles. The number of nitrogens with zero attached hydrogens (tertiary/aromatic N) is 1. The number of halogens is 1. The minimum atomic E-state index is -0.296. The van der Waals surface area contributed by atoms with Gasteiger partial charge in [0.25, 0.3) is 0 Å². The summed E-state index contributed by atoms with van der Waals surface area (Å²) in [4.78, 5) is 24.3. The molecule has 1 aromatic heterocycles. The summed E-state index contributed by atoms with van der Waals surface area (Å²) < 4.78 is 0.799. The van der Waals surface area contributed by atoms with Gasteiger partial charge in [-0.15, -0.1) is 11.3 Å². The quantitative estimate of drug-likeness (QED) is 0.596. The number of carbonyl (C=O) groups is 2. The number of hydrazone groups is 1. The van der Waals surface area contributed by atoms with Crippen molar-refractivity contribution in [1.29, 1.82) is 0 Å². The number of thiophene rings is 1. The molecule has 2 amide bonds. The molecule has 5 nitrogen and oxygen atoms in total. The molecule has 114 valence electrons. The summed E-state index contributed by atoms with van der Waals surface area (Å²) in [6, 6.07) is 11.1. The zero-order chi connectivity index (χ0) is 15.8. The Labute approximate surface area is 140 Å². The van der Waals surface area contributed by atoms with E-state index in [-0.39, 0.29) is 24.7 Å². The van der Waals surface area contributed by atoms with Gasteiger partial charge in [0.2, 0.25) is 11.8 Å². The van der Waals surface area contributed by atoms with Crippen LogP contribution in [-0.4, -0.2) is 18.0 Å². The van der Waals surface area contributed by atoms with Crippen LogP contribution in [0.5, 0.6) is 0 Å². The maximum Gasteiger partial charge on any atom is 0.240 e. The average Bonchev–Trinajstić information content (AvgIpc) is 3.01. The van der Waals surface area contributed by atoms with Crippen molar-refractivity contribution in [1.82, 2.24) is 5.43 Å². The molecule has 0 radical (unpaired) electrons. The number of amides is 2. The zero-order valence-electron chi connectivity index (χ0n) is 11.6. The average molecular weight is 380 g/mol. The molecule has 0 aliphatic carbocycles. The van der Waals surface area contributed by atoms with Crippen molar-refractivity contribution in [3.05, 3.63) is 51.1 Å². The first-order chi connectivity index (χ1) is 10.6. The van der Waals surface area contributed by atoms with Gasteiger partial charge in [-0.05, 0) is 39.5 Å². The summed E-state index contributed by atoms with van der Waals surface area (Å²) in [5.41, 5.74) is 3.08. The standard InChI is InChI=1S/C15H14BrN3O2S/c16-12-5-1-2-6-13(12)18-14(20)7-8-15(21)19-17-10-11-4-3-9-22-11/h1-6,9-10H,7-8H2,(H,18,20)(H,19,21)/b17-10-. The highest BCUT2D eigenvalue weighted by molar-refractivity contribution is 9.10. The molecule has 0 aliphatic heterocycles. The Morgan fingerprint density at radius 1 is 1.14 bits per heavy atom. The third-order valence-electron chi connectivity index (χ3n) is 2.65. The monoisotopic (exact) mass is 379 g/mol. The Kier molecular flexibility index (Phi) is 6.29. The van der Waals surface area contributed by atoms with Crippen LogP contribution >= 0.6 is 27.3 Å². The van der Waals surface area contributed by atoms with Gasteiger partial charge in [0.1, 0.15) is 0 Å². The highest BCUT2D eigenvalue weighted by atomic mass is 79.9. The van der Waals surface area contributed by atoms with Crippen LogP contribution in [0.1, 0.15) is 17.7 Å². The summed E-state index contributed by atoms with van der Waals surface area (Å²) in [5, 5.41) is 8.50. The van der Waals surface area contributed by atoms with E-state index in [0.29, 0.717) is 5.69 Å². The smallest absolute Gasteiger partial charge is 0.240 e. The second kappa shape index (κ2) is 8.45. The van der Waals surface area contributed by atoms with Crippen LogP contribution in [-0.2, 0) is 9.59 Å². The number of benzene rings is 1. The minimum Gasteiger partial charge on any atom is -0.325 e. The van der Waals surface area contributed by atoms with Crippen LogP contribution in [0.4, 0.5) is 5.69 Å². The Morgan fingerprint density at radius 3 is 2.64 bits per heavy atom. The lowest BCUT2D eigenvalue weighted by Crippen LogP contribution is -2.20. The fourth-order valence-corrected chi connectivity index (χ4v) is 2.56. The number of rotatable bonds is 6. The minimum absolute atomic E-state index is 0.0814. The van der Waals surface area contributed by atoms with Crippen LogP contribution in [0, 0.1) is 0 Å². The van der Waals surface area contributed by atoms with Crippen molar-refractivity contribution >= 4 is 51.0 Å². The van der Waals surface area contributed by atoms with Crippen molar-refractivity contribution in [2.24, 2.45) is 5.10 Å². The first kappa shape index (κ1) is 16.4. The molecule has 0 bridgehead atoms. The molecule has 0 aliphatic rings. The highest BCUT2D eigenvalue weighted by Gasteiger charge is 2.08. The molecule has 0 spiro atoms. The van der Waals surface area contributed by atoms with Crippen molar-refractivity contribution in [2.45, 2.75) is 12.8 Å². The molecule has 0 fully saturated rings. The molecule has 7 heteroatoms. The van der Waals surface area contributed by atoms with Crippen molar-refractivity contribution in [3.63, 3.8) is 0 Å². The van der Waals surface area contributed by atoms with Crippen LogP contribution in [0.3, 0.4) is 0 Å². The molecular formula is C15H14BrN3O2S. The van der Waals surface area contributed by atoms with E-state index in [2.05, 4.69) is 31.8 Å². The molecule has 1 heterocycles. The molecule has 0 saturated carbocycles. The number of carbonyl (C=O) groups excluding carboxylic acids is 2. The Bertz CT molecular complexity index is 671. The van der Waals surface area contributed by atoms with E-state index >= 15 is 0 Å². The second-order valence-corrected chi connectivity index (χ2v) is 6.17. The number of nitrogens with one attached hydrogen (secondary N) is 2. The molecule has 0 unspecified atom stereocenters. The van der Waals surface area contributed by atoms with Gasteiger partial charge in [-0.25, -0.2) is 5.43 Å². The topological polar surface area (TPSA) is 70.6 Å². The molecule has 2 N–H and O–H groups in total. The summed E-state index contributed by atoms with van der Waals surface area (Å²) in [7, 11) is 0. The van der Waals surface area contributed by atoms with Gasteiger partial charge >= 0.3 is 0 Å². The third-order valence-corrected chi connectivity index (χ3v) is 4.15. The molecule has 1 aromatic carbocycles. The number of anilines is 1. The third kappa shape index (κ3) is 5.42. The first-order valence-electron chi connectivity index (χ1n) is 6.55. The number of hydrogen-bond acceptors (Lipinski definition) is 4. The van der Waals surface area contributed by atoms with Crippen LogP contribution in [0.25, 0.3) is 0 Å². The van der Waals surface area contributed by atoms with Crippen molar-refractivity contribution < 1.29 is 9.59 Å². The fraction of sp³-hybridized carbons (Fsp3) is 0.133. The molecular weight excluding hydrogens is 366 g/mol. The molecule has 2 rings (SSSR count). The van der Waals surface area contributed by atoms with Gasteiger partial charge < -0.3 is 5.32 Å². The lowest BCUT2D eigenvalue weighted by atomic mass is 10.2. The normalized spacial score (nSPS) is 10.6. The van der Waals surface area contributed by atoms with Gasteiger partial charge in [0.05, 0.1) is 11.9 Å². The zero-order valence-corrected chi connectivity index (χ0v) is 14.0. The van der Waals surface area contributed by atoms with E-state index in [1.165, 1.54) is 11.3 Å². The number of hydrogen-bond donors (Lipinski definition) is 2. The van der Waals surface area contributed by atoms with E-state index in [0.717, 1.165) is 9.35 Å². The highest BCUT2D eigenvalue weighted by Crippen LogP contribution is 2.21. The molecule has 0 atom stereocenters. The summed E-state index contributed by atoms with van der Waals surface area (Å²) in [5.74, 6) is -0.514. The Morgan fingerprint density at radius 2 is 1.91 bits per heavy atom. The first-order valence-corrected chi connectivity index (χ1v) is 8.22. The van der Waals surface area contributed by atoms with Gasteiger partial charge in [-0.1, -0.05) is 18.2 Å². The lowest BCUT2D eigenvalue weighted by Gasteiger charge is -2.06. The summed E-state index contributed by atoms with van der Waals surface area (Å²) in [6.07, 6.45) is 1.75. The van der Waals surface area contributed by atoms with E-state index in [1.54, 1.807) is 12.3 Å². The predicted molar refractivity (Wildman–Crippen MR) is 92.1 cm³/mol. The van der Waals surface area contributed by atoms with Gasteiger partial charge in [0.15, 0.2) is 0 Å². The van der Waals surface area contributed by atoms with E-state index in [4.69, 9.17) is 0 Å². The predicted octanol–water partition coefficient (Wildman–Crippen LogP) is 3.38. The van der Waals surface area contributed by atoms with Crippen LogP contribution < -0.4 is 10.7 Å². The van der Waals surface area contributed by atoms with Crippen LogP contribution in [0.15, 0.2) is 51.4 Å². The maximum absolute atomic E-state index is 11.8. The van der Waals surface area contributed by atoms with Gasteiger partial charge in [0, 0.05) is 22.2 Å². The SMILES string of the molecule is O=C(CCC(=O)Nc1ccccc1Br)N/N=C\c1cccs1. The van der Waals surface area contributed by atoms with Crippen molar-refractivity contribution in [2.75, 3.05) is 5.32 Å².